The predicted molar refractivity (Wildman–Crippen MR) is 79.8 cm³/mol. The number of hydrogen-bond acceptors (Lipinski definition) is 4. The van der Waals surface area contributed by atoms with Gasteiger partial charge in [-0.3, -0.25) is 4.68 Å². The number of anilines is 1. The van der Waals surface area contributed by atoms with Crippen LogP contribution in [0.3, 0.4) is 0 Å². The molecule has 1 aliphatic rings. The average molecular weight is 281 g/mol. The maximum atomic E-state index is 9.57. The zero-order valence-corrected chi connectivity index (χ0v) is 12.6. The molecule has 1 fully saturated rings. The first-order chi connectivity index (χ1) is 9.71. The molecular weight excluding hydrogens is 254 g/mol. The van der Waals surface area contributed by atoms with Gasteiger partial charge in [0.05, 0.1) is 31.1 Å². The van der Waals surface area contributed by atoms with Gasteiger partial charge in [0.1, 0.15) is 0 Å². The topological polar surface area (TPSA) is 59.3 Å². The Hall–Kier alpha value is -1.07. The summed E-state index contributed by atoms with van der Waals surface area (Å²) in [5, 5.41) is 17.3. The number of ether oxygens (including phenoxy) is 1. The van der Waals surface area contributed by atoms with Gasteiger partial charge >= 0.3 is 0 Å². The van der Waals surface area contributed by atoms with Crippen LogP contribution in [0.5, 0.6) is 0 Å². The predicted octanol–water partition coefficient (Wildman–Crippen LogP) is 2.27. The standard InChI is InChI=1S/C15H27N3O2/c1-3-15(4-2,12-19)11-16-13-8-17-18(9-13)10-14-6-5-7-20-14/h8-9,14,16,19H,3-7,10-12H2,1-2H3. The third kappa shape index (κ3) is 3.73. The van der Waals surface area contributed by atoms with Gasteiger partial charge in [0.15, 0.2) is 0 Å². The van der Waals surface area contributed by atoms with Crippen LogP contribution in [0.15, 0.2) is 12.4 Å². The van der Waals surface area contributed by atoms with Crippen molar-refractivity contribution in [3.05, 3.63) is 12.4 Å². The van der Waals surface area contributed by atoms with Crippen LogP contribution in [-0.2, 0) is 11.3 Å². The van der Waals surface area contributed by atoms with Crippen molar-refractivity contribution in [3.63, 3.8) is 0 Å². The lowest BCUT2D eigenvalue weighted by molar-refractivity contribution is 0.0940. The second-order valence-electron chi connectivity index (χ2n) is 5.80. The number of aliphatic hydroxyl groups is 1. The van der Waals surface area contributed by atoms with Crippen molar-refractivity contribution in [2.75, 3.05) is 25.1 Å². The Morgan fingerprint density at radius 3 is 2.90 bits per heavy atom. The zero-order valence-electron chi connectivity index (χ0n) is 12.6. The molecule has 1 aromatic rings. The number of nitrogens with one attached hydrogen (secondary N) is 1. The van der Waals surface area contributed by atoms with Gasteiger partial charge in [-0.25, -0.2) is 0 Å². The number of hydrogen-bond donors (Lipinski definition) is 2. The monoisotopic (exact) mass is 281 g/mol. The molecule has 5 heteroatoms. The molecule has 0 aromatic carbocycles. The van der Waals surface area contributed by atoms with Crippen LogP contribution in [-0.4, -0.2) is 40.7 Å². The van der Waals surface area contributed by atoms with Crippen molar-refractivity contribution < 1.29 is 9.84 Å². The molecule has 1 atom stereocenters. The molecule has 1 saturated heterocycles. The van der Waals surface area contributed by atoms with Crippen molar-refractivity contribution in [1.82, 2.24) is 9.78 Å². The summed E-state index contributed by atoms with van der Waals surface area (Å²) in [5.41, 5.74) is 0.985. The Morgan fingerprint density at radius 2 is 2.30 bits per heavy atom. The summed E-state index contributed by atoms with van der Waals surface area (Å²) in [7, 11) is 0. The molecule has 2 heterocycles. The molecule has 2 rings (SSSR count). The highest BCUT2D eigenvalue weighted by Crippen LogP contribution is 2.26. The van der Waals surface area contributed by atoms with Crippen molar-refractivity contribution in [3.8, 4) is 0 Å². The number of nitrogens with zero attached hydrogens (tertiary/aromatic N) is 2. The van der Waals surface area contributed by atoms with Crippen LogP contribution < -0.4 is 5.32 Å². The van der Waals surface area contributed by atoms with E-state index in [0.717, 1.165) is 51.1 Å². The molecule has 1 aliphatic heterocycles. The van der Waals surface area contributed by atoms with Gasteiger partial charge in [0, 0.05) is 24.8 Å². The number of rotatable bonds is 8. The SMILES string of the molecule is CCC(CC)(CO)CNc1cnn(CC2CCCO2)c1. The van der Waals surface area contributed by atoms with Gasteiger partial charge in [-0.15, -0.1) is 0 Å². The summed E-state index contributed by atoms with van der Waals surface area (Å²) in [6.07, 6.45) is 8.40. The fraction of sp³-hybridized carbons (Fsp3) is 0.800. The maximum absolute atomic E-state index is 9.57. The first-order valence-corrected chi connectivity index (χ1v) is 7.70. The van der Waals surface area contributed by atoms with Crippen molar-refractivity contribution >= 4 is 5.69 Å². The third-order valence-corrected chi connectivity index (χ3v) is 4.55. The van der Waals surface area contributed by atoms with Crippen molar-refractivity contribution in [1.29, 1.82) is 0 Å². The van der Waals surface area contributed by atoms with Gasteiger partial charge in [0.25, 0.3) is 0 Å². The fourth-order valence-corrected chi connectivity index (χ4v) is 2.62. The summed E-state index contributed by atoms with van der Waals surface area (Å²) in [5.74, 6) is 0. The third-order valence-electron chi connectivity index (χ3n) is 4.55. The Kier molecular flexibility index (Phi) is 5.43. The largest absolute Gasteiger partial charge is 0.396 e. The molecule has 0 radical (unpaired) electrons. The minimum Gasteiger partial charge on any atom is -0.396 e. The molecule has 0 saturated carbocycles. The first-order valence-electron chi connectivity index (χ1n) is 7.70. The Bertz CT molecular complexity index is 387. The quantitative estimate of drug-likeness (QED) is 0.767. The average Bonchev–Trinajstić information content (AvgIpc) is 3.14. The van der Waals surface area contributed by atoms with Crippen LogP contribution in [0.4, 0.5) is 5.69 Å². The van der Waals surface area contributed by atoms with E-state index in [1.54, 1.807) is 0 Å². The number of aliphatic hydroxyl groups excluding tert-OH is 1. The van der Waals surface area contributed by atoms with Crippen molar-refractivity contribution in [2.45, 2.75) is 52.2 Å². The van der Waals surface area contributed by atoms with Crippen LogP contribution in [0.1, 0.15) is 39.5 Å². The molecule has 0 bridgehead atoms. The lowest BCUT2D eigenvalue weighted by Gasteiger charge is -2.29. The summed E-state index contributed by atoms with van der Waals surface area (Å²) in [6.45, 7) is 6.96. The molecule has 2 N–H and O–H groups in total. The van der Waals surface area contributed by atoms with E-state index in [1.165, 1.54) is 0 Å². The minimum atomic E-state index is -0.0311. The van der Waals surface area contributed by atoms with E-state index in [1.807, 2.05) is 17.1 Å². The van der Waals surface area contributed by atoms with Crippen LogP contribution >= 0.6 is 0 Å². The van der Waals surface area contributed by atoms with Gasteiger partial charge in [-0.1, -0.05) is 13.8 Å². The molecule has 114 valence electrons. The summed E-state index contributed by atoms with van der Waals surface area (Å²) < 4.78 is 7.56. The van der Waals surface area contributed by atoms with Gasteiger partial charge < -0.3 is 15.2 Å². The van der Waals surface area contributed by atoms with E-state index >= 15 is 0 Å². The zero-order chi connectivity index (χ0) is 14.4. The Labute approximate surface area is 121 Å². The fourth-order valence-electron chi connectivity index (χ4n) is 2.62. The molecular formula is C15H27N3O2. The smallest absolute Gasteiger partial charge is 0.0771 e. The molecule has 5 nitrogen and oxygen atoms in total. The van der Waals surface area contributed by atoms with Gasteiger partial charge in [-0.05, 0) is 25.7 Å². The van der Waals surface area contributed by atoms with Crippen LogP contribution in [0.2, 0.25) is 0 Å². The second kappa shape index (κ2) is 7.09. The van der Waals surface area contributed by atoms with Gasteiger partial charge in [0.2, 0.25) is 0 Å². The second-order valence-corrected chi connectivity index (χ2v) is 5.80. The summed E-state index contributed by atoms with van der Waals surface area (Å²) in [6, 6.07) is 0. The van der Waals surface area contributed by atoms with Crippen LogP contribution in [0.25, 0.3) is 0 Å². The molecule has 0 aliphatic carbocycles. The number of aromatic nitrogens is 2. The highest BCUT2D eigenvalue weighted by molar-refractivity contribution is 5.38. The molecule has 0 amide bonds. The summed E-state index contributed by atoms with van der Waals surface area (Å²) >= 11 is 0. The molecule has 1 unspecified atom stereocenters. The van der Waals surface area contributed by atoms with Gasteiger partial charge in [-0.2, -0.15) is 5.10 Å². The minimum absolute atomic E-state index is 0.0311. The molecule has 1 aromatic heterocycles. The molecule has 0 spiro atoms. The Morgan fingerprint density at radius 1 is 1.50 bits per heavy atom. The van der Waals surface area contributed by atoms with E-state index in [2.05, 4.69) is 24.3 Å². The van der Waals surface area contributed by atoms with E-state index in [-0.39, 0.29) is 12.0 Å². The Balaban J connectivity index is 1.85. The van der Waals surface area contributed by atoms with Crippen molar-refractivity contribution in [2.24, 2.45) is 5.41 Å². The lowest BCUT2D eigenvalue weighted by atomic mass is 9.83. The lowest BCUT2D eigenvalue weighted by Crippen LogP contribution is -2.32. The molecule has 20 heavy (non-hydrogen) atoms. The summed E-state index contributed by atoms with van der Waals surface area (Å²) in [4.78, 5) is 0. The van der Waals surface area contributed by atoms with E-state index < -0.39 is 0 Å². The first kappa shape index (κ1) is 15.3. The van der Waals surface area contributed by atoms with E-state index in [0.29, 0.717) is 6.10 Å². The van der Waals surface area contributed by atoms with E-state index in [9.17, 15) is 5.11 Å². The van der Waals surface area contributed by atoms with E-state index in [4.69, 9.17) is 4.74 Å². The maximum Gasteiger partial charge on any atom is 0.0771 e. The van der Waals surface area contributed by atoms with Crippen LogP contribution in [0, 0.1) is 5.41 Å². The highest BCUT2D eigenvalue weighted by atomic mass is 16.5. The normalized spacial score (nSPS) is 19.4. The highest BCUT2D eigenvalue weighted by Gasteiger charge is 2.25.